The fourth-order valence-corrected chi connectivity index (χ4v) is 2.66. The van der Waals surface area contributed by atoms with Crippen molar-refractivity contribution in [3.63, 3.8) is 0 Å². The lowest BCUT2D eigenvalue weighted by molar-refractivity contribution is 0.0645. The normalized spacial score (nSPS) is 18.6. The Morgan fingerprint density at radius 2 is 2.45 bits per heavy atom. The van der Waals surface area contributed by atoms with Gasteiger partial charge >= 0.3 is 0 Å². The van der Waals surface area contributed by atoms with Crippen LogP contribution in [-0.2, 0) is 0 Å². The highest BCUT2D eigenvalue weighted by molar-refractivity contribution is 5.97. The molecule has 1 N–H and O–H groups in total. The van der Waals surface area contributed by atoms with Crippen molar-refractivity contribution < 1.29 is 9.53 Å². The molecule has 2 rings (SSSR count). The smallest absolute Gasteiger partial charge is 0.258 e. The summed E-state index contributed by atoms with van der Waals surface area (Å²) in [5.41, 5.74) is 0.599. The van der Waals surface area contributed by atoms with Gasteiger partial charge in [-0.3, -0.25) is 9.78 Å². The van der Waals surface area contributed by atoms with E-state index < -0.39 is 0 Å². The third-order valence-electron chi connectivity index (χ3n) is 3.67. The monoisotopic (exact) mass is 277 g/mol. The molecule has 5 heteroatoms. The van der Waals surface area contributed by atoms with E-state index in [1.807, 2.05) is 4.90 Å². The maximum absolute atomic E-state index is 12.8. The number of ether oxygens (including phenoxy) is 1. The molecule has 1 amide bonds. The first-order chi connectivity index (χ1) is 9.77. The zero-order valence-corrected chi connectivity index (χ0v) is 12.3. The van der Waals surface area contributed by atoms with E-state index in [0.29, 0.717) is 11.3 Å². The van der Waals surface area contributed by atoms with Crippen LogP contribution in [0.1, 0.15) is 36.5 Å². The minimum absolute atomic E-state index is 0.0415. The Morgan fingerprint density at radius 1 is 1.60 bits per heavy atom. The predicted octanol–water partition coefficient (Wildman–Crippen LogP) is 1.69. The standard InChI is InChI=1S/C15H23N3O2/c1-3-9-18(12-5-4-7-16-10-12)15(19)13-6-8-17-11-14(13)20-2/h6,8,11-12,16H,3-5,7,9-10H2,1-2H3. The first kappa shape index (κ1) is 14.8. The highest BCUT2D eigenvalue weighted by Crippen LogP contribution is 2.21. The molecule has 1 fully saturated rings. The van der Waals surface area contributed by atoms with Crippen LogP contribution in [0.2, 0.25) is 0 Å². The number of pyridine rings is 1. The average molecular weight is 277 g/mol. The highest BCUT2D eigenvalue weighted by atomic mass is 16.5. The summed E-state index contributed by atoms with van der Waals surface area (Å²) >= 11 is 0. The van der Waals surface area contributed by atoms with E-state index in [0.717, 1.165) is 38.9 Å². The quantitative estimate of drug-likeness (QED) is 0.890. The van der Waals surface area contributed by atoms with Crippen LogP contribution in [0, 0.1) is 0 Å². The third kappa shape index (κ3) is 3.28. The van der Waals surface area contributed by atoms with Crippen LogP contribution < -0.4 is 10.1 Å². The third-order valence-corrected chi connectivity index (χ3v) is 3.67. The molecule has 1 aromatic heterocycles. The summed E-state index contributed by atoms with van der Waals surface area (Å²) in [6.45, 7) is 4.79. The average Bonchev–Trinajstić information content (AvgIpc) is 2.52. The molecule has 1 aliphatic heterocycles. The lowest BCUT2D eigenvalue weighted by atomic mass is 10.0. The Balaban J connectivity index is 2.21. The molecule has 2 heterocycles. The summed E-state index contributed by atoms with van der Waals surface area (Å²) in [7, 11) is 1.57. The van der Waals surface area contributed by atoms with Crippen molar-refractivity contribution in [2.45, 2.75) is 32.2 Å². The zero-order chi connectivity index (χ0) is 14.4. The van der Waals surface area contributed by atoms with E-state index in [4.69, 9.17) is 4.74 Å². The van der Waals surface area contributed by atoms with Crippen LogP contribution in [0.25, 0.3) is 0 Å². The molecule has 110 valence electrons. The molecular formula is C15H23N3O2. The molecule has 0 radical (unpaired) electrons. The molecule has 0 bridgehead atoms. The number of nitrogens with zero attached hydrogens (tertiary/aromatic N) is 2. The van der Waals surface area contributed by atoms with Gasteiger partial charge in [-0.15, -0.1) is 0 Å². The van der Waals surface area contributed by atoms with E-state index in [-0.39, 0.29) is 11.9 Å². The Morgan fingerprint density at radius 3 is 3.10 bits per heavy atom. The molecule has 20 heavy (non-hydrogen) atoms. The molecule has 0 spiro atoms. The van der Waals surface area contributed by atoms with Crippen LogP contribution in [0.3, 0.4) is 0 Å². The van der Waals surface area contributed by atoms with Gasteiger partial charge in [0.25, 0.3) is 5.91 Å². The van der Waals surface area contributed by atoms with Gasteiger partial charge in [0.2, 0.25) is 0 Å². The van der Waals surface area contributed by atoms with Crippen molar-refractivity contribution in [2.75, 3.05) is 26.7 Å². The fraction of sp³-hybridized carbons (Fsp3) is 0.600. The fourth-order valence-electron chi connectivity index (χ4n) is 2.66. The van der Waals surface area contributed by atoms with Crippen molar-refractivity contribution in [1.82, 2.24) is 15.2 Å². The molecule has 0 aliphatic carbocycles. The second-order valence-corrected chi connectivity index (χ2v) is 5.07. The number of methoxy groups -OCH3 is 1. The molecule has 1 aromatic rings. The second-order valence-electron chi connectivity index (χ2n) is 5.07. The largest absolute Gasteiger partial charge is 0.494 e. The molecular weight excluding hydrogens is 254 g/mol. The van der Waals surface area contributed by atoms with Gasteiger partial charge in [0.15, 0.2) is 0 Å². The predicted molar refractivity (Wildman–Crippen MR) is 78.0 cm³/mol. The number of hydrogen-bond acceptors (Lipinski definition) is 4. The van der Waals surface area contributed by atoms with Crippen molar-refractivity contribution >= 4 is 5.91 Å². The Kier molecular flexibility index (Phi) is 5.35. The molecule has 1 aliphatic rings. The van der Waals surface area contributed by atoms with Crippen LogP contribution in [0.4, 0.5) is 0 Å². The van der Waals surface area contributed by atoms with E-state index >= 15 is 0 Å². The summed E-state index contributed by atoms with van der Waals surface area (Å²) < 4.78 is 5.26. The Hall–Kier alpha value is -1.62. The summed E-state index contributed by atoms with van der Waals surface area (Å²) in [6, 6.07) is 2.01. The molecule has 0 aromatic carbocycles. The summed E-state index contributed by atoms with van der Waals surface area (Å²) in [4.78, 5) is 18.8. The lowest BCUT2D eigenvalue weighted by Gasteiger charge is -2.34. The van der Waals surface area contributed by atoms with Gasteiger partial charge in [-0.25, -0.2) is 0 Å². The Bertz CT molecular complexity index is 444. The first-order valence-electron chi connectivity index (χ1n) is 7.27. The SMILES string of the molecule is CCCN(C(=O)c1ccncc1OC)C1CCCNC1. The molecule has 1 unspecified atom stereocenters. The van der Waals surface area contributed by atoms with Gasteiger partial charge in [-0.1, -0.05) is 6.92 Å². The molecule has 5 nitrogen and oxygen atoms in total. The van der Waals surface area contributed by atoms with Gasteiger partial charge in [-0.2, -0.15) is 0 Å². The number of aromatic nitrogens is 1. The van der Waals surface area contributed by atoms with Crippen molar-refractivity contribution in [2.24, 2.45) is 0 Å². The van der Waals surface area contributed by atoms with Gasteiger partial charge in [0.1, 0.15) is 5.75 Å². The van der Waals surface area contributed by atoms with Crippen LogP contribution in [0.15, 0.2) is 18.5 Å². The molecule has 1 atom stereocenters. The highest BCUT2D eigenvalue weighted by Gasteiger charge is 2.27. The van der Waals surface area contributed by atoms with Crippen LogP contribution in [0.5, 0.6) is 5.75 Å². The van der Waals surface area contributed by atoms with Crippen molar-refractivity contribution in [3.05, 3.63) is 24.0 Å². The van der Waals surface area contributed by atoms with Crippen LogP contribution >= 0.6 is 0 Å². The maximum Gasteiger partial charge on any atom is 0.258 e. The number of piperidine rings is 1. The van der Waals surface area contributed by atoms with Gasteiger partial charge in [-0.05, 0) is 31.9 Å². The summed E-state index contributed by atoms with van der Waals surface area (Å²) in [5.74, 6) is 0.585. The summed E-state index contributed by atoms with van der Waals surface area (Å²) in [5, 5.41) is 3.37. The zero-order valence-electron chi connectivity index (χ0n) is 12.3. The number of rotatable bonds is 5. The second kappa shape index (κ2) is 7.24. The first-order valence-corrected chi connectivity index (χ1v) is 7.27. The topological polar surface area (TPSA) is 54.5 Å². The number of nitrogens with one attached hydrogen (secondary N) is 1. The van der Waals surface area contributed by atoms with E-state index in [1.165, 1.54) is 0 Å². The minimum Gasteiger partial charge on any atom is -0.494 e. The molecule has 0 saturated carbocycles. The number of carbonyl (C=O) groups excluding carboxylic acids is 1. The number of hydrogen-bond donors (Lipinski definition) is 1. The number of carbonyl (C=O) groups is 1. The van der Waals surface area contributed by atoms with Gasteiger partial charge in [0.05, 0.1) is 18.9 Å². The summed E-state index contributed by atoms with van der Waals surface area (Å²) in [6.07, 6.45) is 6.36. The van der Waals surface area contributed by atoms with E-state index in [2.05, 4.69) is 17.2 Å². The van der Waals surface area contributed by atoms with Crippen molar-refractivity contribution in [3.8, 4) is 5.75 Å². The lowest BCUT2D eigenvalue weighted by Crippen LogP contribution is -2.49. The minimum atomic E-state index is 0.0415. The van der Waals surface area contributed by atoms with E-state index in [9.17, 15) is 4.79 Å². The van der Waals surface area contributed by atoms with Gasteiger partial charge < -0.3 is 15.0 Å². The van der Waals surface area contributed by atoms with Crippen LogP contribution in [-0.4, -0.2) is 48.6 Å². The number of amides is 1. The Labute approximate surface area is 120 Å². The van der Waals surface area contributed by atoms with E-state index in [1.54, 1.807) is 25.6 Å². The maximum atomic E-state index is 12.8. The molecule has 1 saturated heterocycles. The van der Waals surface area contributed by atoms with Crippen molar-refractivity contribution in [1.29, 1.82) is 0 Å². The van der Waals surface area contributed by atoms with Gasteiger partial charge in [0, 0.05) is 25.3 Å².